The van der Waals surface area contributed by atoms with Gasteiger partial charge in [0.25, 0.3) is 0 Å². The molecule has 0 aromatic heterocycles. The minimum atomic E-state index is -3.63. The second-order valence-corrected chi connectivity index (χ2v) is 7.11. The number of benzene rings is 1. The van der Waals surface area contributed by atoms with Crippen LogP contribution in [0.2, 0.25) is 5.02 Å². The lowest BCUT2D eigenvalue weighted by Gasteiger charge is -2.34. The smallest absolute Gasteiger partial charge is 0.317 e. The minimum Gasteiger partial charge on any atom is -0.335 e. The van der Waals surface area contributed by atoms with E-state index in [1.165, 1.54) is 10.4 Å². The zero-order valence-corrected chi connectivity index (χ0v) is 13.6. The van der Waals surface area contributed by atoms with Crippen LogP contribution in [-0.4, -0.2) is 56.4 Å². The van der Waals surface area contributed by atoms with Crippen LogP contribution in [0.1, 0.15) is 0 Å². The molecule has 1 aliphatic rings. The Balaban J connectivity index is 2.04. The van der Waals surface area contributed by atoms with Crippen LogP contribution in [0.25, 0.3) is 0 Å². The number of halogens is 1. The van der Waals surface area contributed by atoms with Crippen LogP contribution in [0.5, 0.6) is 0 Å². The van der Waals surface area contributed by atoms with Gasteiger partial charge in [0.2, 0.25) is 10.0 Å². The fraction of sp³-hybridized carbons (Fsp3) is 0.357. The Morgan fingerprint density at radius 3 is 2.50 bits per heavy atom. The number of sulfonamides is 1. The standard InChI is InChI=1S/C14H18ClN3O3S/c1-2-7-16-14(19)17-8-10-18(11-9-17)22(20,21)13-6-4-3-5-12(13)15/h2-6H,1,7-11H2,(H,16,19). The van der Waals surface area contributed by atoms with Crippen molar-refractivity contribution in [3.05, 3.63) is 41.9 Å². The first-order valence-electron chi connectivity index (χ1n) is 6.85. The molecule has 8 heteroatoms. The van der Waals surface area contributed by atoms with Gasteiger partial charge >= 0.3 is 6.03 Å². The lowest BCUT2D eigenvalue weighted by atomic mass is 10.4. The largest absolute Gasteiger partial charge is 0.335 e. The maximum atomic E-state index is 12.6. The molecule has 0 bridgehead atoms. The van der Waals surface area contributed by atoms with Crippen molar-refractivity contribution >= 4 is 27.7 Å². The summed E-state index contributed by atoms with van der Waals surface area (Å²) in [7, 11) is -3.63. The number of nitrogens with zero attached hydrogens (tertiary/aromatic N) is 2. The summed E-state index contributed by atoms with van der Waals surface area (Å²) in [6.45, 7) is 5.09. The monoisotopic (exact) mass is 343 g/mol. The SMILES string of the molecule is C=CCNC(=O)N1CCN(S(=O)(=O)c2ccccc2Cl)CC1. The van der Waals surface area contributed by atoms with Crippen LogP contribution >= 0.6 is 11.6 Å². The van der Waals surface area contributed by atoms with E-state index in [1.54, 1.807) is 29.2 Å². The highest BCUT2D eigenvalue weighted by Gasteiger charge is 2.31. The van der Waals surface area contributed by atoms with Gasteiger partial charge in [0.05, 0.1) is 5.02 Å². The van der Waals surface area contributed by atoms with Gasteiger partial charge in [-0.25, -0.2) is 13.2 Å². The maximum Gasteiger partial charge on any atom is 0.317 e. The fourth-order valence-electron chi connectivity index (χ4n) is 2.20. The number of rotatable bonds is 4. The van der Waals surface area contributed by atoms with Crippen molar-refractivity contribution in [3.63, 3.8) is 0 Å². The van der Waals surface area contributed by atoms with Gasteiger partial charge in [0.15, 0.2) is 0 Å². The van der Waals surface area contributed by atoms with Crippen molar-refractivity contribution in [1.82, 2.24) is 14.5 Å². The van der Waals surface area contributed by atoms with Crippen molar-refractivity contribution in [2.75, 3.05) is 32.7 Å². The van der Waals surface area contributed by atoms with E-state index in [1.807, 2.05) is 0 Å². The number of carbonyl (C=O) groups is 1. The van der Waals surface area contributed by atoms with Crippen LogP contribution in [0.3, 0.4) is 0 Å². The van der Waals surface area contributed by atoms with E-state index in [9.17, 15) is 13.2 Å². The third-order valence-corrected chi connectivity index (χ3v) is 5.78. The van der Waals surface area contributed by atoms with E-state index in [2.05, 4.69) is 11.9 Å². The molecule has 1 fully saturated rings. The third-order valence-electron chi connectivity index (χ3n) is 3.38. The molecule has 1 heterocycles. The molecule has 2 amide bonds. The van der Waals surface area contributed by atoms with E-state index >= 15 is 0 Å². The third kappa shape index (κ3) is 3.60. The molecule has 2 rings (SSSR count). The molecule has 120 valence electrons. The zero-order chi connectivity index (χ0) is 16.2. The van der Waals surface area contributed by atoms with Crippen LogP contribution in [0.4, 0.5) is 4.79 Å². The predicted molar refractivity (Wildman–Crippen MR) is 85.4 cm³/mol. The molecule has 0 atom stereocenters. The van der Waals surface area contributed by atoms with E-state index < -0.39 is 10.0 Å². The molecular weight excluding hydrogens is 326 g/mol. The van der Waals surface area contributed by atoms with Gasteiger partial charge < -0.3 is 10.2 Å². The molecule has 0 unspecified atom stereocenters. The van der Waals surface area contributed by atoms with Crippen molar-refractivity contribution < 1.29 is 13.2 Å². The summed E-state index contributed by atoms with van der Waals surface area (Å²) in [4.78, 5) is 13.5. The average molecular weight is 344 g/mol. The first kappa shape index (κ1) is 16.8. The highest BCUT2D eigenvalue weighted by atomic mass is 35.5. The normalized spacial score (nSPS) is 16.3. The number of nitrogens with one attached hydrogen (secondary N) is 1. The van der Waals surface area contributed by atoms with Gasteiger partial charge in [-0.1, -0.05) is 29.8 Å². The summed E-state index contributed by atoms with van der Waals surface area (Å²) < 4.78 is 26.5. The van der Waals surface area contributed by atoms with E-state index in [0.717, 1.165) is 0 Å². The van der Waals surface area contributed by atoms with Gasteiger partial charge in [0.1, 0.15) is 4.90 Å². The average Bonchev–Trinajstić information content (AvgIpc) is 2.53. The minimum absolute atomic E-state index is 0.0984. The first-order chi connectivity index (χ1) is 10.5. The number of hydrogen-bond donors (Lipinski definition) is 1. The van der Waals surface area contributed by atoms with Gasteiger partial charge in [-0.15, -0.1) is 6.58 Å². The number of urea groups is 1. The fourth-order valence-corrected chi connectivity index (χ4v) is 4.11. The Morgan fingerprint density at radius 1 is 1.27 bits per heavy atom. The van der Waals surface area contributed by atoms with E-state index in [4.69, 9.17) is 11.6 Å². The van der Waals surface area contributed by atoms with Crippen molar-refractivity contribution in [2.45, 2.75) is 4.90 Å². The second kappa shape index (κ2) is 7.13. The summed E-state index contributed by atoms with van der Waals surface area (Å²) in [5.41, 5.74) is 0. The molecule has 1 N–H and O–H groups in total. The summed E-state index contributed by atoms with van der Waals surface area (Å²) in [5, 5.41) is 2.88. The van der Waals surface area contributed by atoms with E-state index in [-0.39, 0.29) is 29.0 Å². The molecule has 22 heavy (non-hydrogen) atoms. The molecule has 0 spiro atoms. The Kier molecular flexibility index (Phi) is 5.44. The summed E-state index contributed by atoms with van der Waals surface area (Å²) in [5.74, 6) is 0. The highest BCUT2D eigenvalue weighted by molar-refractivity contribution is 7.89. The summed E-state index contributed by atoms with van der Waals surface area (Å²) in [6.07, 6.45) is 1.59. The summed E-state index contributed by atoms with van der Waals surface area (Å²) in [6, 6.07) is 6.14. The number of piperazine rings is 1. The molecule has 6 nitrogen and oxygen atoms in total. The second-order valence-electron chi connectivity index (χ2n) is 4.80. The van der Waals surface area contributed by atoms with Gasteiger partial charge in [-0.3, -0.25) is 0 Å². The Hall–Kier alpha value is -1.57. The molecule has 1 aromatic carbocycles. The predicted octanol–water partition coefficient (Wildman–Crippen LogP) is 1.54. The van der Waals surface area contributed by atoms with Crippen molar-refractivity contribution in [2.24, 2.45) is 0 Å². The Bertz CT molecular complexity index is 655. The number of amides is 2. The topological polar surface area (TPSA) is 69.7 Å². The molecular formula is C14H18ClN3O3S. The molecule has 0 radical (unpaired) electrons. The summed E-state index contributed by atoms with van der Waals surface area (Å²) >= 11 is 5.97. The van der Waals surface area contributed by atoms with Crippen LogP contribution in [-0.2, 0) is 10.0 Å². The van der Waals surface area contributed by atoms with Gasteiger partial charge in [-0.05, 0) is 12.1 Å². The Labute approximate surface area is 135 Å². The lowest BCUT2D eigenvalue weighted by molar-refractivity contribution is 0.173. The van der Waals surface area contributed by atoms with Gasteiger partial charge in [0, 0.05) is 32.7 Å². The van der Waals surface area contributed by atoms with Crippen molar-refractivity contribution in [3.8, 4) is 0 Å². The lowest BCUT2D eigenvalue weighted by Crippen LogP contribution is -2.53. The molecule has 1 aromatic rings. The maximum absolute atomic E-state index is 12.6. The Morgan fingerprint density at radius 2 is 1.91 bits per heavy atom. The molecule has 0 aliphatic carbocycles. The van der Waals surface area contributed by atoms with Crippen LogP contribution < -0.4 is 5.32 Å². The van der Waals surface area contributed by atoms with Gasteiger partial charge in [-0.2, -0.15) is 4.31 Å². The highest BCUT2D eigenvalue weighted by Crippen LogP contribution is 2.24. The quantitative estimate of drug-likeness (QED) is 0.843. The molecule has 0 saturated carbocycles. The number of carbonyl (C=O) groups excluding carboxylic acids is 1. The molecule has 1 aliphatic heterocycles. The first-order valence-corrected chi connectivity index (χ1v) is 8.67. The van der Waals surface area contributed by atoms with E-state index in [0.29, 0.717) is 19.6 Å². The van der Waals surface area contributed by atoms with Crippen molar-refractivity contribution in [1.29, 1.82) is 0 Å². The molecule has 1 saturated heterocycles. The zero-order valence-electron chi connectivity index (χ0n) is 12.0. The van der Waals surface area contributed by atoms with Crippen LogP contribution in [0.15, 0.2) is 41.8 Å². The number of hydrogen-bond acceptors (Lipinski definition) is 3. The van der Waals surface area contributed by atoms with Crippen LogP contribution in [0, 0.1) is 0 Å².